The summed E-state index contributed by atoms with van der Waals surface area (Å²) in [4.78, 5) is 22.4. The number of rotatable bonds is 4. The molecule has 1 N–H and O–H groups in total. The number of para-hydroxylation sites is 2. The third-order valence-corrected chi connectivity index (χ3v) is 4.60. The molecule has 128 valence electrons. The molecule has 4 rings (SSSR count). The van der Waals surface area contributed by atoms with Crippen LogP contribution in [0.5, 0.6) is 11.5 Å². The summed E-state index contributed by atoms with van der Waals surface area (Å²) < 4.78 is 10.7. The number of anilines is 1. The van der Waals surface area contributed by atoms with Gasteiger partial charge in [-0.15, -0.1) is 0 Å². The highest BCUT2D eigenvalue weighted by molar-refractivity contribution is 5.98. The Morgan fingerprint density at radius 1 is 1.16 bits per heavy atom. The number of aromatic nitrogens is 2. The van der Waals surface area contributed by atoms with Crippen LogP contribution in [-0.4, -0.2) is 36.6 Å². The molecule has 1 aliphatic rings. The molecule has 1 fully saturated rings. The van der Waals surface area contributed by atoms with Crippen molar-refractivity contribution in [2.24, 2.45) is 0 Å². The summed E-state index contributed by atoms with van der Waals surface area (Å²) >= 11 is 0. The van der Waals surface area contributed by atoms with E-state index in [0.29, 0.717) is 24.5 Å². The van der Waals surface area contributed by atoms with Crippen molar-refractivity contribution in [2.75, 3.05) is 25.7 Å². The highest BCUT2D eigenvalue weighted by Crippen LogP contribution is 2.38. The molecule has 0 aliphatic carbocycles. The second-order valence-electron chi connectivity index (χ2n) is 6.08. The fourth-order valence-corrected chi connectivity index (χ4v) is 3.30. The highest BCUT2D eigenvalue weighted by Gasteiger charge is 2.35. The van der Waals surface area contributed by atoms with E-state index in [2.05, 4.69) is 9.97 Å². The number of hydrogen-bond acceptors (Lipinski definition) is 4. The predicted molar refractivity (Wildman–Crippen MR) is 95.4 cm³/mol. The third-order valence-electron chi connectivity index (χ3n) is 4.60. The third kappa shape index (κ3) is 2.69. The monoisotopic (exact) mass is 337 g/mol. The number of benzene rings is 2. The van der Waals surface area contributed by atoms with Crippen LogP contribution in [-0.2, 0) is 4.79 Å². The topological polar surface area (TPSA) is 67.5 Å². The van der Waals surface area contributed by atoms with Gasteiger partial charge in [0.05, 0.1) is 30.9 Å². The summed E-state index contributed by atoms with van der Waals surface area (Å²) in [6.45, 7) is 0.558. The highest BCUT2D eigenvalue weighted by atomic mass is 16.5. The number of carbonyl (C=O) groups is 1. The molecule has 1 aliphatic heterocycles. The fourth-order valence-electron chi connectivity index (χ4n) is 3.30. The van der Waals surface area contributed by atoms with Crippen molar-refractivity contribution < 1.29 is 14.3 Å². The van der Waals surface area contributed by atoms with Gasteiger partial charge < -0.3 is 19.4 Å². The number of imidazole rings is 1. The lowest BCUT2D eigenvalue weighted by molar-refractivity contribution is -0.117. The Labute approximate surface area is 145 Å². The maximum Gasteiger partial charge on any atom is 0.227 e. The molecule has 25 heavy (non-hydrogen) atoms. The Kier molecular flexibility index (Phi) is 3.80. The van der Waals surface area contributed by atoms with Crippen molar-refractivity contribution in [3.05, 3.63) is 48.3 Å². The van der Waals surface area contributed by atoms with Gasteiger partial charge in [-0.25, -0.2) is 4.98 Å². The number of H-pyrrole nitrogens is 1. The average molecular weight is 337 g/mol. The molecule has 1 saturated heterocycles. The molecule has 0 spiro atoms. The van der Waals surface area contributed by atoms with Crippen molar-refractivity contribution >= 4 is 22.6 Å². The summed E-state index contributed by atoms with van der Waals surface area (Å²) in [6, 6.07) is 13.4. The van der Waals surface area contributed by atoms with Gasteiger partial charge in [0.25, 0.3) is 0 Å². The molecule has 2 aromatic carbocycles. The van der Waals surface area contributed by atoms with Crippen LogP contribution in [0.4, 0.5) is 5.69 Å². The normalized spacial score (nSPS) is 17.3. The molecule has 2 heterocycles. The van der Waals surface area contributed by atoms with Crippen LogP contribution in [0.2, 0.25) is 0 Å². The van der Waals surface area contributed by atoms with Crippen LogP contribution < -0.4 is 14.4 Å². The van der Waals surface area contributed by atoms with Gasteiger partial charge in [0.2, 0.25) is 5.91 Å². The van der Waals surface area contributed by atoms with E-state index in [0.717, 1.165) is 22.5 Å². The maximum absolute atomic E-state index is 12.6. The van der Waals surface area contributed by atoms with Gasteiger partial charge in [0.1, 0.15) is 17.3 Å². The number of amides is 1. The average Bonchev–Trinajstić information content (AvgIpc) is 3.24. The standard InChI is InChI=1S/C19H19N3O3/c1-24-13-7-8-17(25-2)16(10-13)22-11-12(9-18(22)23)19-20-14-5-3-4-6-15(14)21-19/h3-8,10,12H,9,11H2,1-2H3,(H,20,21). The van der Waals surface area contributed by atoms with Gasteiger partial charge in [-0.05, 0) is 24.3 Å². The van der Waals surface area contributed by atoms with E-state index in [1.54, 1.807) is 19.1 Å². The van der Waals surface area contributed by atoms with Gasteiger partial charge >= 0.3 is 0 Å². The Hall–Kier alpha value is -3.02. The van der Waals surface area contributed by atoms with Crippen molar-refractivity contribution in [3.8, 4) is 11.5 Å². The van der Waals surface area contributed by atoms with Crippen LogP contribution in [0, 0.1) is 0 Å². The zero-order chi connectivity index (χ0) is 17.4. The lowest BCUT2D eigenvalue weighted by atomic mass is 10.1. The van der Waals surface area contributed by atoms with E-state index >= 15 is 0 Å². The maximum atomic E-state index is 12.6. The van der Waals surface area contributed by atoms with E-state index in [9.17, 15) is 4.79 Å². The molecule has 1 unspecified atom stereocenters. The first-order valence-electron chi connectivity index (χ1n) is 8.16. The Morgan fingerprint density at radius 3 is 2.76 bits per heavy atom. The largest absolute Gasteiger partial charge is 0.497 e. The van der Waals surface area contributed by atoms with Gasteiger partial charge in [-0.1, -0.05) is 12.1 Å². The quantitative estimate of drug-likeness (QED) is 0.794. The lowest BCUT2D eigenvalue weighted by Crippen LogP contribution is -2.25. The fraction of sp³-hybridized carbons (Fsp3) is 0.263. The zero-order valence-corrected chi connectivity index (χ0v) is 14.2. The zero-order valence-electron chi connectivity index (χ0n) is 14.2. The number of hydrogen-bond donors (Lipinski definition) is 1. The summed E-state index contributed by atoms with van der Waals surface area (Å²) in [5.41, 5.74) is 2.63. The number of methoxy groups -OCH3 is 2. The molecule has 6 nitrogen and oxygen atoms in total. The molecule has 0 bridgehead atoms. The first-order chi connectivity index (χ1) is 12.2. The summed E-state index contributed by atoms with van der Waals surface area (Å²) in [7, 11) is 3.21. The minimum absolute atomic E-state index is 0.0239. The van der Waals surface area contributed by atoms with Crippen LogP contribution in [0.3, 0.4) is 0 Å². The first kappa shape index (κ1) is 15.5. The number of fused-ring (bicyclic) bond motifs is 1. The lowest BCUT2D eigenvalue weighted by Gasteiger charge is -2.20. The molecule has 1 aromatic heterocycles. The molecular weight excluding hydrogens is 318 g/mol. The molecule has 6 heteroatoms. The number of aromatic amines is 1. The number of nitrogens with one attached hydrogen (secondary N) is 1. The predicted octanol–water partition coefficient (Wildman–Crippen LogP) is 3.10. The molecule has 1 amide bonds. The minimum Gasteiger partial charge on any atom is -0.497 e. The van der Waals surface area contributed by atoms with Crippen molar-refractivity contribution in [1.82, 2.24) is 9.97 Å². The van der Waals surface area contributed by atoms with Crippen LogP contribution in [0.15, 0.2) is 42.5 Å². The smallest absolute Gasteiger partial charge is 0.227 e. The molecular formula is C19H19N3O3. The molecule has 1 atom stereocenters. The van der Waals surface area contributed by atoms with Crippen LogP contribution in [0.25, 0.3) is 11.0 Å². The SMILES string of the molecule is COc1ccc(OC)c(N2CC(c3nc4ccccc4[nH]3)CC2=O)c1. The van der Waals surface area contributed by atoms with Gasteiger partial charge in [0, 0.05) is 24.9 Å². The summed E-state index contributed by atoms with van der Waals surface area (Å²) in [5, 5.41) is 0. The van der Waals surface area contributed by atoms with E-state index < -0.39 is 0 Å². The van der Waals surface area contributed by atoms with Gasteiger partial charge in [-0.3, -0.25) is 4.79 Å². The molecule has 3 aromatic rings. The van der Waals surface area contributed by atoms with Gasteiger partial charge in [0.15, 0.2) is 0 Å². The summed E-state index contributed by atoms with van der Waals surface area (Å²) in [6.07, 6.45) is 0.417. The van der Waals surface area contributed by atoms with E-state index in [-0.39, 0.29) is 11.8 Å². The Bertz CT molecular complexity index is 902. The van der Waals surface area contributed by atoms with E-state index in [4.69, 9.17) is 9.47 Å². The Balaban J connectivity index is 1.66. The van der Waals surface area contributed by atoms with Crippen LogP contribution >= 0.6 is 0 Å². The Morgan fingerprint density at radius 2 is 2.00 bits per heavy atom. The van der Waals surface area contributed by atoms with E-state index in [1.807, 2.05) is 42.5 Å². The number of carbonyl (C=O) groups excluding carboxylic acids is 1. The van der Waals surface area contributed by atoms with Crippen LogP contribution in [0.1, 0.15) is 18.2 Å². The second kappa shape index (κ2) is 6.12. The first-order valence-corrected chi connectivity index (χ1v) is 8.16. The number of nitrogens with zero attached hydrogens (tertiary/aromatic N) is 2. The molecule has 0 radical (unpaired) electrons. The van der Waals surface area contributed by atoms with Gasteiger partial charge in [-0.2, -0.15) is 0 Å². The van der Waals surface area contributed by atoms with Crippen molar-refractivity contribution in [1.29, 1.82) is 0 Å². The number of ether oxygens (including phenoxy) is 2. The van der Waals surface area contributed by atoms with E-state index in [1.165, 1.54) is 0 Å². The summed E-state index contributed by atoms with van der Waals surface area (Å²) in [5.74, 6) is 2.27. The minimum atomic E-state index is 0.0239. The van der Waals surface area contributed by atoms with Crippen molar-refractivity contribution in [3.63, 3.8) is 0 Å². The molecule has 0 saturated carbocycles. The second-order valence-corrected chi connectivity index (χ2v) is 6.08. The van der Waals surface area contributed by atoms with Crippen molar-refractivity contribution in [2.45, 2.75) is 12.3 Å².